The van der Waals surface area contributed by atoms with Gasteiger partial charge in [0, 0.05) is 32.2 Å². The summed E-state index contributed by atoms with van der Waals surface area (Å²) in [6.07, 6.45) is 0. The maximum atomic E-state index is 11.5. The number of urea groups is 1. The highest BCUT2D eigenvalue weighted by Gasteiger charge is 2.29. The molecule has 70 valence electrons. The Bertz CT molecular complexity index is 162. The highest BCUT2D eigenvalue weighted by atomic mass is 16.2. The van der Waals surface area contributed by atoms with Gasteiger partial charge < -0.3 is 15.5 Å². The summed E-state index contributed by atoms with van der Waals surface area (Å²) in [5, 5.41) is 0. The Hall–Kier alpha value is -0.770. The lowest BCUT2D eigenvalue weighted by Gasteiger charge is -2.39. The van der Waals surface area contributed by atoms with Crippen molar-refractivity contribution in [3.8, 4) is 0 Å². The van der Waals surface area contributed by atoms with E-state index in [-0.39, 0.29) is 12.1 Å². The van der Waals surface area contributed by atoms with Crippen LogP contribution in [-0.2, 0) is 0 Å². The normalized spacial score (nSPS) is 17.4. The molecule has 0 atom stereocenters. The van der Waals surface area contributed by atoms with Crippen molar-refractivity contribution in [3.05, 3.63) is 0 Å². The van der Waals surface area contributed by atoms with Gasteiger partial charge in [0.25, 0.3) is 0 Å². The summed E-state index contributed by atoms with van der Waals surface area (Å²) < 4.78 is 0. The number of hydrogen-bond acceptors (Lipinski definition) is 2. The van der Waals surface area contributed by atoms with Gasteiger partial charge in [-0.05, 0) is 13.8 Å². The molecule has 1 saturated heterocycles. The number of carbonyl (C=O) groups is 1. The quantitative estimate of drug-likeness (QED) is 0.640. The van der Waals surface area contributed by atoms with Crippen LogP contribution in [0.1, 0.15) is 13.8 Å². The van der Waals surface area contributed by atoms with E-state index in [4.69, 9.17) is 5.73 Å². The summed E-state index contributed by atoms with van der Waals surface area (Å²) in [7, 11) is 0. The Labute approximate surface area is 73.3 Å². The van der Waals surface area contributed by atoms with Crippen LogP contribution < -0.4 is 5.73 Å². The molecule has 1 aliphatic rings. The second-order valence-corrected chi connectivity index (χ2v) is 3.12. The highest BCUT2D eigenvalue weighted by Crippen LogP contribution is 2.08. The molecule has 0 aliphatic carbocycles. The van der Waals surface area contributed by atoms with Crippen molar-refractivity contribution in [2.24, 2.45) is 5.73 Å². The first-order valence-corrected chi connectivity index (χ1v) is 4.48. The van der Waals surface area contributed by atoms with Crippen LogP contribution in [0.25, 0.3) is 0 Å². The number of hydrogen-bond donors (Lipinski definition) is 1. The molecule has 0 aromatic heterocycles. The van der Waals surface area contributed by atoms with Crippen LogP contribution in [0.15, 0.2) is 0 Å². The number of carbonyl (C=O) groups excluding carboxylic acids is 1. The molecule has 2 N–H and O–H groups in total. The van der Waals surface area contributed by atoms with Gasteiger partial charge in [-0.1, -0.05) is 0 Å². The van der Waals surface area contributed by atoms with E-state index in [2.05, 4.69) is 0 Å². The monoisotopic (exact) mass is 171 g/mol. The van der Waals surface area contributed by atoms with Gasteiger partial charge in [0.15, 0.2) is 0 Å². The van der Waals surface area contributed by atoms with Gasteiger partial charge in [-0.25, -0.2) is 4.79 Å². The molecule has 12 heavy (non-hydrogen) atoms. The second kappa shape index (κ2) is 3.76. The third-order valence-corrected chi connectivity index (χ3v) is 2.21. The molecule has 1 fully saturated rings. The van der Waals surface area contributed by atoms with Gasteiger partial charge in [0.2, 0.25) is 0 Å². The van der Waals surface area contributed by atoms with Gasteiger partial charge in [-0.15, -0.1) is 0 Å². The first kappa shape index (κ1) is 9.32. The third kappa shape index (κ3) is 1.69. The zero-order valence-electron chi connectivity index (χ0n) is 7.79. The Kier molecular flexibility index (Phi) is 2.92. The topological polar surface area (TPSA) is 49.6 Å². The van der Waals surface area contributed by atoms with Crippen LogP contribution in [0.5, 0.6) is 0 Å². The summed E-state index contributed by atoms with van der Waals surface area (Å²) in [5.74, 6) is 0. The van der Waals surface area contributed by atoms with Crippen molar-refractivity contribution in [1.29, 1.82) is 0 Å². The maximum absolute atomic E-state index is 11.5. The molecule has 1 rings (SSSR count). The number of nitrogens with two attached hydrogens (primary N) is 1. The molecule has 0 spiro atoms. The average Bonchev–Trinajstić information content (AvgIpc) is 2.01. The summed E-state index contributed by atoms with van der Waals surface area (Å²) in [6, 6.07) is 0.325. The molecule has 0 unspecified atom stereocenters. The van der Waals surface area contributed by atoms with Crippen molar-refractivity contribution in [2.45, 2.75) is 19.9 Å². The van der Waals surface area contributed by atoms with E-state index < -0.39 is 0 Å². The number of amides is 2. The van der Waals surface area contributed by atoms with E-state index in [0.29, 0.717) is 0 Å². The van der Waals surface area contributed by atoms with Crippen LogP contribution >= 0.6 is 0 Å². The molecular formula is C8H17N3O. The van der Waals surface area contributed by atoms with Crippen molar-refractivity contribution >= 4 is 6.03 Å². The molecule has 1 aliphatic heterocycles. The third-order valence-electron chi connectivity index (χ3n) is 2.21. The molecular weight excluding hydrogens is 154 g/mol. The highest BCUT2D eigenvalue weighted by molar-refractivity contribution is 5.75. The van der Waals surface area contributed by atoms with E-state index in [1.165, 1.54) is 0 Å². The van der Waals surface area contributed by atoms with Crippen LogP contribution in [0.4, 0.5) is 4.79 Å². The fraction of sp³-hybridized carbons (Fsp3) is 0.875. The van der Waals surface area contributed by atoms with Crippen LogP contribution in [0.3, 0.4) is 0 Å². The first-order chi connectivity index (χ1) is 5.69. The van der Waals surface area contributed by atoms with Crippen molar-refractivity contribution in [3.63, 3.8) is 0 Å². The Morgan fingerprint density at radius 1 is 1.50 bits per heavy atom. The molecule has 4 heteroatoms. The lowest BCUT2D eigenvalue weighted by atomic mass is 10.1. The van der Waals surface area contributed by atoms with E-state index in [9.17, 15) is 4.79 Å². The van der Waals surface area contributed by atoms with Crippen molar-refractivity contribution < 1.29 is 4.79 Å². The van der Waals surface area contributed by atoms with E-state index in [0.717, 1.165) is 26.2 Å². The van der Waals surface area contributed by atoms with Crippen molar-refractivity contribution in [1.82, 2.24) is 9.80 Å². The lowest BCUT2D eigenvalue weighted by molar-refractivity contribution is 0.119. The predicted octanol–water partition coefficient (Wildman–Crippen LogP) is 0.0911. The van der Waals surface area contributed by atoms with Gasteiger partial charge in [0.1, 0.15) is 0 Å². The molecule has 2 amide bonds. The number of nitrogens with zero attached hydrogens (tertiary/aromatic N) is 2. The minimum Gasteiger partial charge on any atom is -0.325 e. The predicted molar refractivity (Wildman–Crippen MR) is 47.9 cm³/mol. The fourth-order valence-electron chi connectivity index (χ4n) is 1.36. The number of likely N-dealkylation sites (tertiary alicyclic amines) is 1. The molecule has 4 nitrogen and oxygen atoms in total. The van der Waals surface area contributed by atoms with Crippen LogP contribution in [-0.4, -0.2) is 48.1 Å². The SMILES string of the molecule is CCN(CC)C(=O)N1CC(N)C1. The van der Waals surface area contributed by atoms with Gasteiger partial charge >= 0.3 is 6.03 Å². The maximum Gasteiger partial charge on any atom is 0.320 e. The number of rotatable bonds is 2. The summed E-state index contributed by atoms with van der Waals surface area (Å²) in [4.78, 5) is 15.1. The summed E-state index contributed by atoms with van der Waals surface area (Å²) in [5.41, 5.74) is 5.58. The summed E-state index contributed by atoms with van der Waals surface area (Å²) >= 11 is 0. The summed E-state index contributed by atoms with van der Waals surface area (Å²) in [6.45, 7) is 6.97. The average molecular weight is 171 g/mol. The molecule has 0 saturated carbocycles. The molecule has 0 aromatic carbocycles. The largest absolute Gasteiger partial charge is 0.325 e. The van der Waals surface area contributed by atoms with Crippen molar-refractivity contribution in [2.75, 3.05) is 26.2 Å². The second-order valence-electron chi connectivity index (χ2n) is 3.12. The molecule has 1 heterocycles. The smallest absolute Gasteiger partial charge is 0.320 e. The van der Waals surface area contributed by atoms with E-state index in [1.807, 2.05) is 18.7 Å². The van der Waals surface area contributed by atoms with Gasteiger partial charge in [-0.3, -0.25) is 0 Å². The Morgan fingerprint density at radius 2 is 2.00 bits per heavy atom. The minimum atomic E-state index is 0.127. The zero-order chi connectivity index (χ0) is 9.14. The molecule has 0 aromatic rings. The Morgan fingerprint density at radius 3 is 2.33 bits per heavy atom. The van der Waals surface area contributed by atoms with Crippen LogP contribution in [0.2, 0.25) is 0 Å². The minimum absolute atomic E-state index is 0.127. The van der Waals surface area contributed by atoms with Gasteiger partial charge in [0.05, 0.1) is 0 Å². The van der Waals surface area contributed by atoms with Gasteiger partial charge in [-0.2, -0.15) is 0 Å². The molecule has 0 radical (unpaired) electrons. The van der Waals surface area contributed by atoms with Crippen LogP contribution in [0, 0.1) is 0 Å². The van der Waals surface area contributed by atoms with E-state index >= 15 is 0 Å². The fourth-order valence-corrected chi connectivity index (χ4v) is 1.36. The standard InChI is InChI=1S/C8H17N3O/c1-3-10(4-2)8(12)11-5-7(9)6-11/h7H,3-6,9H2,1-2H3. The lowest BCUT2D eigenvalue weighted by Crippen LogP contribution is -2.60. The Balaban J connectivity index is 2.36. The van der Waals surface area contributed by atoms with E-state index in [1.54, 1.807) is 4.90 Å². The molecule has 0 bridgehead atoms. The zero-order valence-corrected chi connectivity index (χ0v) is 7.79. The first-order valence-electron chi connectivity index (χ1n) is 4.48.